The minimum atomic E-state index is -0.203. The zero-order valence-electron chi connectivity index (χ0n) is 42.3. The lowest BCUT2D eigenvalue weighted by Crippen LogP contribution is -2.37. The van der Waals surface area contributed by atoms with Crippen molar-refractivity contribution in [1.82, 2.24) is 35.2 Å². The Kier molecular flexibility index (Phi) is 21.7. The summed E-state index contributed by atoms with van der Waals surface area (Å²) in [5.41, 5.74) is 26.9. The summed E-state index contributed by atoms with van der Waals surface area (Å²) in [5, 5.41) is 10.0. The molecule has 386 valence electrons. The molecule has 0 aliphatic carbocycles. The van der Waals surface area contributed by atoms with Gasteiger partial charge in [0.1, 0.15) is 11.4 Å². The first-order chi connectivity index (χ1) is 35.6. The number of aliphatic hydroxyl groups is 1. The molecule has 1 atom stereocenters. The SMILES string of the molecule is CCCCC[C@H](C)C(=O)NCCc1ccc(-c2cnc(N)c(C(=O)Cc3cnccc3N3CCOCC3)n2)cc1.CO.NCCc1ccc(-c2cnc(N)c(C(=O)Cc3cnccc3N3CCOCC3)n2)cc1. The number of aliphatic hydroxyl groups excluding tert-OH is 1. The summed E-state index contributed by atoms with van der Waals surface area (Å²) in [6.07, 6.45) is 16.3. The van der Waals surface area contributed by atoms with Crippen LogP contribution in [0.25, 0.3) is 22.5 Å². The number of ether oxygens (including phenoxy) is 2. The number of Topliss-reactive ketones (excluding diaryl/α,β-unsaturated/α-hetero) is 2. The van der Waals surface area contributed by atoms with E-state index in [9.17, 15) is 14.4 Å². The summed E-state index contributed by atoms with van der Waals surface area (Å²) in [4.78, 5) is 69.3. The summed E-state index contributed by atoms with van der Waals surface area (Å²) < 4.78 is 10.9. The molecule has 2 aromatic carbocycles. The monoisotopic (exact) mass is 995 g/mol. The van der Waals surface area contributed by atoms with Crippen LogP contribution in [0.5, 0.6) is 0 Å². The molecule has 2 aliphatic rings. The fourth-order valence-corrected chi connectivity index (χ4v) is 8.52. The Morgan fingerprint density at radius 1 is 0.658 bits per heavy atom. The van der Waals surface area contributed by atoms with Crippen molar-refractivity contribution >= 4 is 40.5 Å². The molecular formula is C55H70N12O6. The van der Waals surface area contributed by atoms with Gasteiger partial charge in [-0.2, -0.15) is 0 Å². The molecule has 4 aromatic heterocycles. The van der Waals surface area contributed by atoms with Crippen molar-refractivity contribution in [3.8, 4) is 22.5 Å². The Bertz CT molecular complexity index is 2690. The predicted octanol–water partition coefficient (Wildman–Crippen LogP) is 5.75. The maximum absolute atomic E-state index is 13.3. The first-order valence-corrected chi connectivity index (χ1v) is 25.1. The van der Waals surface area contributed by atoms with Crippen molar-refractivity contribution in [2.45, 2.75) is 65.2 Å². The van der Waals surface area contributed by atoms with Crippen molar-refractivity contribution in [3.63, 3.8) is 0 Å². The molecule has 2 fully saturated rings. The number of amides is 1. The molecule has 73 heavy (non-hydrogen) atoms. The van der Waals surface area contributed by atoms with Crippen molar-refractivity contribution in [2.75, 3.05) is 94.1 Å². The van der Waals surface area contributed by atoms with Crippen LogP contribution in [0.15, 0.2) is 97.8 Å². The number of ketones is 2. The normalized spacial score (nSPS) is 13.7. The summed E-state index contributed by atoms with van der Waals surface area (Å²) in [6, 6.07) is 19.7. The summed E-state index contributed by atoms with van der Waals surface area (Å²) in [6.45, 7) is 11.1. The third-order valence-corrected chi connectivity index (χ3v) is 12.6. The maximum Gasteiger partial charge on any atom is 0.222 e. The van der Waals surface area contributed by atoms with Gasteiger partial charge in [-0.15, -0.1) is 0 Å². The van der Waals surface area contributed by atoms with E-state index < -0.39 is 0 Å². The number of hydrogen-bond acceptors (Lipinski definition) is 17. The van der Waals surface area contributed by atoms with E-state index in [4.69, 9.17) is 31.8 Å². The molecule has 6 aromatic rings. The van der Waals surface area contributed by atoms with Crippen LogP contribution in [-0.4, -0.2) is 125 Å². The molecule has 18 nitrogen and oxygen atoms in total. The standard InChI is InChI=1S/C31H40N6O3.C23H26N6O2.CH4O/c1-3-4-5-6-22(2)31(39)34-14-11-23-7-9-24(10-8-23)26-21-35-30(32)29(36-26)28(38)19-25-20-33-13-12-27(25)37-15-17-40-18-16-37;24-7-5-16-1-3-17(4-2-16)19-15-27-23(25)22(28-19)21(30)13-18-14-26-8-6-20(18)29-9-11-31-12-10-29;1-2/h7-10,12-13,20-22H,3-6,11,14-19H2,1-2H3,(H2,32,35)(H,34,39);1-4,6,8,14-15H,5,7,9-13,24H2,(H2,25,27);2H,1H3/t22-;;/m0../s1. The average Bonchev–Trinajstić information content (AvgIpc) is 3.43. The Morgan fingerprint density at radius 2 is 1.11 bits per heavy atom. The van der Waals surface area contributed by atoms with Crippen molar-refractivity contribution < 1.29 is 29.0 Å². The number of morpholine rings is 2. The van der Waals surface area contributed by atoms with Crippen LogP contribution in [0, 0.1) is 5.92 Å². The average molecular weight is 995 g/mol. The number of nitrogen functional groups attached to an aromatic ring is 2. The number of aromatic nitrogens is 6. The molecule has 18 heteroatoms. The third-order valence-electron chi connectivity index (χ3n) is 12.6. The molecule has 0 radical (unpaired) electrons. The number of hydrogen-bond donors (Lipinski definition) is 5. The highest BCUT2D eigenvalue weighted by molar-refractivity contribution is 6.01. The zero-order valence-corrected chi connectivity index (χ0v) is 42.3. The first kappa shape index (κ1) is 55.1. The first-order valence-electron chi connectivity index (χ1n) is 25.1. The minimum Gasteiger partial charge on any atom is -0.400 e. The topological polar surface area (TPSA) is 264 Å². The van der Waals surface area contributed by atoms with Crippen LogP contribution < -0.4 is 32.3 Å². The Labute approximate surface area is 428 Å². The van der Waals surface area contributed by atoms with Gasteiger partial charge in [-0.1, -0.05) is 81.6 Å². The molecule has 0 bridgehead atoms. The van der Waals surface area contributed by atoms with Gasteiger partial charge in [0.2, 0.25) is 5.91 Å². The van der Waals surface area contributed by atoms with E-state index in [2.05, 4.69) is 51.9 Å². The number of benzene rings is 2. The van der Waals surface area contributed by atoms with E-state index >= 15 is 0 Å². The molecule has 6 heterocycles. The van der Waals surface area contributed by atoms with E-state index in [0.717, 1.165) is 110 Å². The zero-order chi connectivity index (χ0) is 52.0. The van der Waals surface area contributed by atoms with Gasteiger partial charge >= 0.3 is 0 Å². The number of nitrogens with zero attached hydrogens (tertiary/aromatic N) is 8. The summed E-state index contributed by atoms with van der Waals surface area (Å²) in [5.74, 6) is 0.0105. The lowest BCUT2D eigenvalue weighted by molar-refractivity contribution is -0.124. The lowest BCUT2D eigenvalue weighted by atomic mass is 10.0. The molecular weight excluding hydrogens is 925 g/mol. The highest BCUT2D eigenvalue weighted by Gasteiger charge is 2.23. The number of unbranched alkanes of at least 4 members (excludes halogenated alkanes) is 2. The lowest BCUT2D eigenvalue weighted by Gasteiger charge is -2.30. The number of carbonyl (C=O) groups excluding carboxylic acids is 3. The summed E-state index contributed by atoms with van der Waals surface area (Å²) >= 11 is 0. The van der Waals surface area contributed by atoms with Crippen molar-refractivity contribution in [1.29, 1.82) is 0 Å². The van der Waals surface area contributed by atoms with Gasteiger partial charge in [0.25, 0.3) is 0 Å². The molecule has 8 N–H and O–H groups in total. The van der Waals surface area contributed by atoms with Crippen molar-refractivity contribution in [3.05, 3.63) is 131 Å². The predicted molar refractivity (Wildman–Crippen MR) is 285 cm³/mol. The largest absolute Gasteiger partial charge is 0.400 e. The van der Waals surface area contributed by atoms with E-state index in [0.29, 0.717) is 50.9 Å². The molecule has 2 aliphatic heterocycles. The van der Waals surface area contributed by atoms with E-state index in [1.165, 1.54) is 6.42 Å². The number of carbonyl (C=O) groups is 3. The molecule has 1 amide bonds. The second-order valence-electron chi connectivity index (χ2n) is 17.8. The highest BCUT2D eigenvalue weighted by Crippen LogP contribution is 2.27. The van der Waals surface area contributed by atoms with Gasteiger partial charge in [-0.25, -0.2) is 19.9 Å². The Balaban J connectivity index is 0.000000237. The Morgan fingerprint density at radius 3 is 1.55 bits per heavy atom. The van der Waals surface area contributed by atoms with Gasteiger partial charge < -0.3 is 46.9 Å². The van der Waals surface area contributed by atoms with Crippen LogP contribution in [0.3, 0.4) is 0 Å². The minimum absolute atomic E-state index is 0.0408. The second kappa shape index (κ2) is 28.7. The van der Waals surface area contributed by atoms with E-state index in [1.54, 1.807) is 37.2 Å². The quantitative estimate of drug-likeness (QED) is 0.0450. The van der Waals surface area contributed by atoms with Gasteiger partial charge in [0, 0.05) is 117 Å². The molecule has 0 unspecified atom stereocenters. The number of anilines is 4. The number of pyridine rings is 2. The van der Waals surface area contributed by atoms with Crippen LogP contribution >= 0.6 is 0 Å². The molecule has 2 saturated heterocycles. The molecule has 0 spiro atoms. The van der Waals surface area contributed by atoms with Gasteiger partial charge in [0.05, 0.1) is 50.2 Å². The van der Waals surface area contributed by atoms with E-state index in [-0.39, 0.29) is 59.3 Å². The van der Waals surface area contributed by atoms with Crippen LogP contribution in [0.4, 0.5) is 23.0 Å². The fourth-order valence-electron chi connectivity index (χ4n) is 8.52. The van der Waals surface area contributed by atoms with Crippen molar-refractivity contribution in [2.24, 2.45) is 11.7 Å². The third kappa shape index (κ3) is 15.9. The van der Waals surface area contributed by atoms with E-state index in [1.807, 2.05) is 67.6 Å². The molecule has 8 rings (SSSR count). The van der Waals surface area contributed by atoms with Gasteiger partial charge in [-0.05, 0) is 49.1 Å². The molecule has 0 saturated carbocycles. The number of nitrogens with two attached hydrogens (primary N) is 3. The second-order valence-corrected chi connectivity index (χ2v) is 17.8. The summed E-state index contributed by atoms with van der Waals surface area (Å²) in [7, 11) is 1.00. The smallest absolute Gasteiger partial charge is 0.222 e. The fraction of sp³-hybridized carbons (Fsp3) is 0.400. The maximum atomic E-state index is 13.3. The van der Waals surface area contributed by atoms with Crippen LogP contribution in [-0.2, 0) is 40.0 Å². The van der Waals surface area contributed by atoms with Gasteiger partial charge in [-0.3, -0.25) is 24.4 Å². The Hall–Kier alpha value is -7.25. The van der Waals surface area contributed by atoms with Crippen LogP contribution in [0.2, 0.25) is 0 Å². The van der Waals surface area contributed by atoms with Gasteiger partial charge in [0.15, 0.2) is 23.2 Å². The number of rotatable bonds is 20. The number of nitrogens with one attached hydrogen (secondary N) is 1. The van der Waals surface area contributed by atoms with Crippen LogP contribution in [0.1, 0.15) is 82.8 Å². The highest BCUT2D eigenvalue weighted by atomic mass is 16.5.